The quantitative estimate of drug-likeness (QED) is 0.767. The molecule has 0 aliphatic carbocycles. The smallest absolute Gasteiger partial charge is 0.388 e. The zero-order valence-electron chi connectivity index (χ0n) is 13.9. The Hall–Kier alpha value is -2.00. The molecule has 0 saturated carbocycles. The molecule has 25 heavy (non-hydrogen) atoms. The highest BCUT2D eigenvalue weighted by molar-refractivity contribution is 7.91. The summed E-state index contributed by atoms with van der Waals surface area (Å²) in [5.41, 5.74) is 0.503. The molecule has 1 saturated heterocycles. The van der Waals surface area contributed by atoms with Gasteiger partial charge in [-0.25, -0.2) is 17.6 Å². The highest BCUT2D eigenvalue weighted by Gasteiger charge is 2.32. The average Bonchev–Trinajstić information content (AvgIpc) is 3.10. The summed E-state index contributed by atoms with van der Waals surface area (Å²) < 4.78 is 42.8. The Morgan fingerprint density at radius 3 is 2.68 bits per heavy atom. The van der Waals surface area contributed by atoms with Crippen molar-refractivity contribution in [2.24, 2.45) is 0 Å². The van der Waals surface area contributed by atoms with Gasteiger partial charge in [0.1, 0.15) is 12.5 Å². The second kappa shape index (κ2) is 7.09. The minimum absolute atomic E-state index is 0.102. The van der Waals surface area contributed by atoms with Gasteiger partial charge < -0.3 is 4.42 Å². The van der Waals surface area contributed by atoms with Crippen molar-refractivity contribution in [2.75, 3.05) is 18.1 Å². The second-order valence-corrected chi connectivity index (χ2v) is 8.42. The fraction of sp³-hybridized carbons (Fsp3) is 0.500. The number of sulfone groups is 1. The van der Waals surface area contributed by atoms with E-state index in [1.807, 2.05) is 11.8 Å². The third kappa shape index (κ3) is 4.16. The molecule has 1 aromatic carbocycles. The van der Waals surface area contributed by atoms with Crippen LogP contribution in [0.15, 0.2) is 33.5 Å². The van der Waals surface area contributed by atoms with E-state index >= 15 is 0 Å². The molecule has 0 radical (unpaired) electrons. The largest absolute Gasteiger partial charge is 0.438 e. The number of halogens is 1. The Labute approximate surface area is 145 Å². The fourth-order valence-electron chi connectivity index (χ4n) is 3.00. The summed E-state index contributed by atoms with van der Waals surface area (Å²) in [6, 6.07) is 5.38. The lowest BCUT2D eigenvalue weighted by Crippen LogP contribution is -2.40. The molecule has 1 fully saturated rings. The van der Waals surface area contributed by atoms with Crippen LogP contribution in [0.25, 0.3) is 11.5 Å². The first kappa shape index (κ1) is 17.8. The van der Waals surface area contributed by atoms with Crippen LogP contribution in [0.3, 0.4) is 0 Å². The van der Waals surface area contributed by atoms with Crippen LogP contribution in [0.4, 0.5) is 4.39 Å². The number of hydrogen-bond acceptors (Lipinski definition) is 6. The maximum absolute atomic E-state index is 13.0. The van der Waals surface area contributed by atoms with Gasteiger partial charge in [-0.15, -0.1) is 5.10 Å². The lowest BCUT2D eigenvalue weighted by molar-refractivity contribution is 0.151. The minimum Gasteiger partial charge on any atom is -0.388 e. The van der Waals surface area contributed by atoms with Crippen LogP contribution in [-0.4, -0.2) is 47.2 Å². The third-order valence-electron chi connectivity index (χ3n) is 4.25. The summed E-state index contributed by atoms with van der Waals surface area (Å²) in [4.78, 5) is 14.0. The monoisotopic (exact) mass is 369 g/mol. The van der Waals surface area contributed by atoms with E-state index < -0.39 is 15.6 Å². The average molecular weight is 369 g/mol. The van der Waals surface area contributed by atoms with Crippen LogP contribution >= 0.6 is 0 Å². The van der Waals surface area contributed by atoms with Crippen molar-refractivity contribution in [3.8, 4) is 11.5 Å². The molecule has 1 aliphatic heterocycles. The Morgan fingerprint density at radius 2 is 2.08 bits per heavy atom. The molecule has 1 atom stereocenters. The molecular weight excluding hydrogens is 349 g/mol. The van der Waals surface area contributed by atoms with E-state index in [1.54, 1.807) is 0 Å². The molecule has 9 heteroatoms. The third-order valence-corrected chi connectivity index (χ3v) is 6.00. The normalized spacial score (nSPS) is 19.6. The first-order valence-corrected chi connectivity index (χ1v) is 9.98. The molecule has 1 aliphatic rings. The van der Waals surface area contributed by atoms with Crippen molar-refractivity contribution in [1.29, 1.82) is 0 Å². The van der Waals surface area contributed by atoms with E-state index in [1.165, 1.54) is 28.9 Å². The second-order valence-electron chi connectivity index (χ2n) is 6.19. The van der Waals surface area contributed by atoms with Crippen LogP contribution in [0.1, 0.15) is 19.8 Å². The summed E-state index contributed by atoms with van der Waals surface area (Å²) in [6.07, 6.45) is 1.38. The maximum atomic E-state index is 13.0. The summed E-state index contributed by atoms with van der Waals surface area (Å²) >= 11 is 0. The molecule has 0 N–H and O–H groups in total. The van der Waals surface area contributed by atoms with E-state index in [9.17, 15) is 17.6 Å². The van der Waals surface area contributed by atoms with E-state index in [0.29, 0.717) is 18.5 Å². The predicted molar refractivity (Wildman–Crippen MR) is 90.2 cm³/mol. The van der Waals surface area contributed by atoms with Gasteiger partial charge in [0, 0.05) is 11.6 Å². The summed E-state index contributed by atoms with van der Waals surface area (Å²) in [7, 11) is -3.01. The molecule has 0 spiro atoms. The van der Waals surface area contributed by atoms with Crippen LogP contribution in [0.5, 0.6) is 0 Å². The number of rotatable bonds is 6. The Kier molecular flexibility index (Phi) is 5.05. The van der Waals surface area contributed by atoms with Gasteiger partial charge in [0.2, 0.25) is 5.89 Å². The number of benzene rings is 1. The first-order valence-electron chi connectivity index (χ1n) is 8.16. The highest BCUT2D eigenvalue weighted by Crippen LogP contribution is 2.19. The summed E-state index contributed by atoms with van der Waals surface area (Å²) in [6.45, 7) is 2.81. The van der Waals surface area contributed by atoms with Gasteiger partial charge in [0.15, 0.2) is 9.84 Å². The molecule has 0 bridgehead atoms. The zero-order valence-corrected chi connectivity index (χ0v) is 14.7. The van der Waals surface area contributed by atoms with Crippen molar-refractivity contribution < 1.29 is 17.2 Å². The van der Waals surface area contributed by atoms with Gasteiger partial charge in [-0.2, -0.15) is 4.68 Å². The van der Waals surface area contributed by atoms with E-state index in [-0.39, 0.29) is 35.9 Å². The molecule has 3 rings (SSSR count). The number of hydrogen-bond donors (Lipinski definition) is 0. The van der Waals surface area contributed by atoms with Gasteiger partial charge in [-0.1, -0.05) is 6.92 Å². The van der Waals surface area contributed by atoms with Gasteiger partial charge in [-0.3, -0.25) is 4.90 Å². The molecule has 2 heterocycles. The Morgan fingerprint density at radius 1 is 1.36 bits per heavy atom. The van der Waals surface area contributed by atoms with Gasteiger partial charge in [0.25, 0.3) is 0 Å². The fourth-order valence-corrected chi connectivity index (χ4v) is 4.76. The van der Waals surface area contributed by atoms with Crippen LogP contribution < -0.4 is 5.76 Å². The van der Waals surface area contributed by atoms with Crippen LogP contribution in [0.2, 0.25) is 0 Å². The van der Waals surface area contributed by atoms with Crippen LogP contribution in [0, 0.1) is 5.82 Å². The van der Waals surface area contributed by atoms with Gasteiger partial charge in [0.05, 0.1) is 11.5 Å². The van der Waals surface area contributed by atoms with Crippen LogP contribution in [-0.2, 0) is 16.5 Å². The summed E-state index contributed by atoms with van der Waals surface area (Å²) in [5.74, 6) is -0.625. The lowest BCUT2D eigenvalue weighted by atomic mass is 10.2. The highest BCUT2D eigenvalue weighted by atomic mass is 32.2. The molecule has 1 aromatic heterocycles. The maximum Gasteiger partial charge on any atom is 0.438 e. The number of aromatic nitrogens is 2. The van der Waals surface area contributed by atoms with E-state index in [2.05, 4.69) is 5.10 Å². The van der Waals surface area contributed by atoms with Crippen molar-refractivity contribution in [2.45, 2.75) is 32.5 Å². The molecule has 2 aromatic rings. The number of nitrogens with zero attached hydrogens (tertiary/aromatic N) is 3. The summed E-state index contributed by atoms with van der Waals surface area (Å²) in [5, 5.41) is 4.16. The van der Waals surface area contributed by atoms with Crippen molar-refractivity contribution in [3.63, 3.8) is 0 Å². The lowest BCUT2D eigenvalue weighted by Gasteiger charge is -2.26. The Balaban J connectivity index is 1.81. The van der Waals surface area contributed by atoms with Crippen molar-refractivity contribution in [1.82, 2.24) is 14.7 Å². The molecule has 0 amide bonds. The van der Waals surface area contributed by atoms with E-state index in [4.69, 9.17) is 4.42 Å². The molecule has 7 nitrogen and oxygen atoms in total. The van der Waals surface area contributed by atoms with Crippen molar-refractivity contribution >= 4 is 9.84 Å². The van der Waals surface area contributed by atoms with Crippen molar-refractivity contribution in [3.05, 3.63) is 40.6 Å². The zero-order chi connectivity index (χ0) is 18.0. The predicted octanol–water partition coefficient (Wildman–Crippen LogP) is 1.50. The minimum atomic E-state index is -3.01. The molecule has 136 valence electrons. The van der Waals surface area contributed by atoms with Gasteiger partial charge in [-0.05, 0) is 43.7 Å². The standard InChI is InChI=1S/C16H20FN3O4S/c1-2-8-19(14-7-9-25(22,23)10-14)11-20-16(21)24-15(18-20)12-3-5-13(17)6-4-12/h3-6,14H,2,7-11H2,1H3. The topological polar surface area (TPSA) is 85.4 Å². The first-order chi connectivity index (χ1) is 11.9. The Bertz CT molecular complexity index is 889. The van der Waals surface area contributed by atoms with Gasteiger partial charge >= 0.3 is 5.76 Å². The SMILES string of the molecule is CCCN(Cn1nc(-c2ccc(F)cc2)oc1=O)C1CCS(=O)(=O)C1. The molecular formula is C16H20FN3O4S. The molecule has 1 unspecified atom stereocenters. The van der Waals surface area contributed by atoms with E-state index in [0.717, 1.165) is 6.42 Å².